The molecular weight excluding hydrogens is 278 g/mol. The smallest absolute Gasteiger partial charge is 0.214 e. The molecule has 0 amide bonds. The zero-order chi connectivity index (χ0) is 15.0. The Morgan fingerprint density at radius 3 is 2.30 bits per heavy atom. The maximum Gasteiger partial charge on any atom is 0.214 e. The molecule has 6 heteroatoms. The Morgan fingerprint density at radius 1 is 1.25 bits per heavy atom. The van der Waals surface area contributed by atoms with Gasteiger partial charge in [-0.15, -0.1) is 0 Å². The Bertz CT molecular complexity index is 433. The van der Waals surface area contributed by atoms with E-state index < -0.39 is 15.8 Å². The van der Waals surface area contributed by atoms with Crippen LogP contribution in [0, 0.1) is 5.41 Å². The van der Waals surface area contributed by atoms with Gasteiger partial charge in [0.15, 0.2) is 5.79 Å². The van der Waals surface area contributed by atoms with Gasteiger partial charge in [-0.1, -0.05) is 20.8 Å². The van der Waals surface area contributed by atoms with Gasteiger partial charge in [0.1, 0.15) is 0 Å². The SMILES string of the molecule is C[C@@H]1COC2(CCN(S(=O)(=O)CCC(C)(C)C)CC2)O1. The molecule has 0 saturated carbocycles. The Kier molecular flexibility index (Phi) is 4.50. The fraction of sp³-hybridized carbons (Fsp3) is 1.00. The fourth-order valence-electron chi connectivity index (χ4n) is 2.64. The molecule has 1 atom stereocenters. The summed E-state index contributed by atoms with van der Waals surface area (Å²) in [5, 5.41) is 0. The number of ether oxygens (including phenoxy) is 2. The van der Waals surface area contributed by atoms with Crippen LogP contribution in [0.4, 0.5) is 0 Å². The van der Waals surface area contributed by atoms with E-state index in [0.29, 0.717) is 39.0 Å². The Morgan fingerprint density at radius 2 is 1.85 bits per heavy atom. The monoisotopic (exact) mass is 305 g/mol. The summed E-state index contributed by atoms with van der Waals surface area (Å²) in [5.41, 5.74) is 0.0389. The third-order valence-corrected chi connectivity index (χ3v) is 5.86. The van der Waals surface area contributed by atoms with Crippen molar-refractivity contribution in [2.75, 3.05) is 25.4 Å². The predicted molar refractivity (Wildman–Crippen MR) is 77.9 cm³/mol. The van der Waals surface area contributed by atoms with Crippen molar-refractivity contribution in [1.82, 2.24) is 4.31 Å². The van der Waals surface area contributed by atoms with Gasteiger partial charge >= 0.3 is 0 Å². The van der Waals surface area contributed by atoms with Crippen LogP contribution in [0.5, 0.6) is 0 Å². The molecule has 0 radical (unpaired) electrons. The number of nitrogens with zero attached hydrogens (tertiary/aromatic N) is 1. The van der Waals surface area contributed by atoms with E-state index >= 15 is 0 Å². The van der Waals surface area contributed by atoms with E-state index in [4.69, 9.17) is 9.47 Å². The molecule has 2 saturated heterocycles. The predicted octanol–water partition coefficient (Wildman–Crippen LogP) is 1.98. The highest BCUT2D eigenvalue weighted by Gasteiger charge is 2.44. The largest absolute Gasteiger partial charge is 0.347 e. The van der Waals surface area contributed by atoms with E-state index in [1.54, 1.807) is 4.31 Å². The van der Waals surface area contributed by atoms with Gasteiger partial charge in [0.2, 0.25) is 10.0 Å². The number of hydrogen-bond donors (Lipinski definition) is 0. The number of rotatable bonds is 3. The van der Waals surface area contributed by atoms with Crippen molar-refractivity contribution in [3.8, 4) is 0 Å². The lowest BCUT2D eigenvalue weighted by Gasteiger charge is -2.37. The quantitative estimate of drug-likeness (QED) is 0.800. The third-order valence-electron chi connectivity index (χ3n) is 3.98. The van der Waals surface area contributed by atoms with Crippen LogP contribution < -0.4 is 0 Å². The minimum atomic E-state index is -3.15. The normalized spacial score (nSPS) is 28.1. The molecule has 2 aliphatic heterocycles. The first-order valence-corrected chi connectivity index (χ1v) is 9.03. The second kappa shape index (κ2) is 5.55. The third kappa shape index (κ3) is 3.93. The highest BCUT2D eigenvalue weighted by molar-refractivity contribution is 7.89. The lowest BCUT2D eigenvalue weighted by atomic mass is 9.94. The van der Waals surface area contributed by atoms with Crippen LogP contribution in [0.25, 0.3) is 0 Å². The molecule has 0 bridgehead atoms. The summed E-state index contributed by atoms with van der Waals surface area (Å²) in [4.78, 5) is 0. The molecule has 118 valence electrons. The molecule has 0 aromatic heterocycles. The van der Waals surface area contributed by atoms with Gasteiger partial charge in [-0.25, -0.2) is 12.7 Å². The molecule has 2 heterocycles. The minimum absolute atomic E-state index is 0.0389. The summed E-state index contributed by atoms with van der Waals surface area (Å²) >= 11 is 0. The topological polar surface area (TPSA) is 55.8 Å². The van der Waals surface area contributed by atoms with Gasteiger partial charge in [-0.3, -0.25) is 0 Å². The van der Waals surface area contributed by atoms with Crippen LogP contribution in [-0.4, -0.2) is 50.1 Å². The van der Waals surface area contributed by atoms with E-state index in [0.717, 1.165) is 0 Å². The molecule has 2 fully saturated rings. The highest BCUT2D eigenvalue weighted by Crippen LogP contribution is 2.35. The molecule has 0 aromatic rings. The van der Waals surface area contributed by atoms with Crippen LogP contribution in [0.15, 0.2) is 0 Å². The molecule has 1 spiro atoms. The number of sulfonamides is 1. The van der Waals surface area contributed by atoms with E-state index in [-0.39, 0.29) is 17.3 Å². The summed E-state index contributed by atoms with van der Waals surface area (Å²) in [7, 11) is -3.15. The first-order valence-electron chi connectivity index (χ1n) is 7.42. The lowest BCUT2D eigenvalue weighted by Crippen LogP contribution is -2.48. The van der Waals surface area contributed by atoms with Crippen LogP contribution in [-0.2, 0) is 19.5 Å². The van der Waals surface area contributed by atoms with Gasteiger partial charge in [-0.2, -0.15) is 0 Å². The maximum atomic E-state index is 12.3. The molecule has 0 unspecified atom stereocenters. The van der Waals surface area contributed by atoms with E-state index in [1.807, 2.05) is 6.92 Å². The molecule has 0 aromatic carbocycles. The number of hydrogen-bond acceptors (Lipinski definition) is 4. The van der Waals surface area contributed by atoms with Crippen LogP contribution in [0.2, 0.25) is 0 Å². The second-order valence-electron chi connectivity index (χ2n) is 7.18. The average molecular weight is 305 g/mol. The first kappa shape index (κ1) is 16.2. The summed E-state index contributed by atoms with van der Waals surface area (Å²) < 4.78 is 37.8. The molecule has 2 rings (SSSR count). The summed E-state index contributed by atoms with van der Waals surface area (Å²) in [6, 6.07) is 0. The van der Waals surface area contributed by atoms with Crippen LogP contribution in [0.1, 0.15) is 47.0 Å². The molecule has 5 nitrogen and oxygen atoms in total. The molecular formula is C14H27NO4S. The van der Waals surface area contributed by atoms with Gasteiger partial charge in [0.25, 0.3) is 0 Å². The first-order chi connectivity index (χ1) is 9.12. The van der Waals surface area contributed by atoms with Crippen molar-refractivity contribution in [2.45, 2.75) is 58.8 Å². The van der Waals surface area contributed by atoms with Gasteiger partial charge in [0.05, 0.1) is 18.5 Å². The van der Waals surface area contributed by atoms with Crippen molar-refractivity contribution < 1.29 is 17.9 Å². The zero-order valence-electron chi connectivity index (χ0n) is 13.0. The fourth-order valence-corrected chi connectivity index (χ4v) is 4.50. The summed E-state index contributed by atoms with van der Waals surface area (Å²) in [6.45, 7) is 9.79. The van der Waals surface area contributed by atoms with Crippen LogP contribution in [0.3, 0.4) is 0 Å². The summed E-state index contributed by atoms with van der Waals surface area (Å²) in [6.07, 6.45) is 2.05. The van der Waals surface area contributed by atoms with Gasteiger partial charge in [-0.05, 0) is 18.8 Å². The Hall–Kier alpha value is -0.170. The molecule has 2 aliphatic rings. The van der Waals surface area contributed by atoms with Crippen molar-refractivity contribution in [3.63, 3.8) is 0 Å². The average Bonchev–Trinajstić information content (AvgIpc) is 2.68. The standard InChI is InChI=1S/C14H27NO4S/c1-12-11-18-14(19-12)5-8-15(9-6-14)20(16,17)10-7-13(2,3)4/h12H,5-11H2,1-4H3/t12-/m1/s1. The van der Waals surface area contributed by atoms with E-state index in [9.17, 15) is 8.42 Å². The minimum Gasteiger partial charge on any atom is -0.347 e. The van der Waals surface area contributed by atoms with Crippen molar-refractivity contribution in [2.24, 2.45) is 5.41 Å². The van der Waals surface area contributed by atoms with E-state index in [2.05, 4.69) is 20.8 Å². The Labute approximate surface area is 122 Å². The van der Waals surface area contributed by atoms with Crippen molar-refractivity contribution in [3.05, 3.63) is 0 Å². The Balaban J connectivity index is 1.90. The number of piperidine rings is 1. The lowest BCUT2D eigenvalue weighted by molar-refractivity contribution is -0.187. The second-order valence-corrected chi connectivity index (χ2v) is 9.26. The summed E-state index contributed by atoms with van der Waals surface area (Å²) in [5.74, 6) is -0.308. The van der Waals surface area contributed by atoms with Crippen molar-refractivity contribution >= 4 is 10.0 Å². The van der Waals surface area contributed by atoms with Crippen LogP contribution >= 0.6 is 0 Å². The molecule has 0 aliphatic carbocycles. The van der Waals surface area contributed by atoms with E-state index in [1.165, 1.54) is 0 Å². The van der Waals surface area contributed by atoms with Gasteiger partial charge < -0.3 is 9.47 Å². The highest BCUT2D eigenvalue weighted by atomic mass is 32.2. The molecule has 20 heavy (non-hydrogen) atoms. The van der Waals surface area contributed by atoms with Crippen molar-refractivity contribution in [1.29, 1.82) is 0 Å². The molecule has 0 N–H and O–H groups in total. The zero-order valence-corrected chi connectivity index (χ0v) is 13.8. The maximum absolute atomic E-state index is 12.3. The van der Waals surface area contributed by atoms with Gasteiger partial charge in [0, 0.05) is 25.9 Å².